The molecule has 4 aromatic rings. The van der Waals surface area contributed by atoms with Crippen LogP contribution < -0.4 is 0 Å². The second-order valence-corrected chi connectivity index (χ2v) is 5.79. The van der Waals surface area contributed by atoms with Crippen molar-refractivity contribution in [3.63, 3.8) is 0 Å². The predicted octanol–water partition coefficient (Wildman–Crippen LogP) is 6.47. The van der Waals surface area contributed by atoms with Crippen LogP contribution in [0.25, 0.3) is 32.3 Å². The van der Waals surface area contributed by atoms with Gasteiger partial charge in [0.2, 0.25) is 0 Å². The summed E-state index contributed by atoms with van der Waals surface area (Å²) in [5, 5.41) is 4.93. The van der Waals surface area contributed by atoms with E-state index in [0.717, 1.165) is 33.2 Å². The Morgan fingerprint density at radius 2 is 1.04 bits per heavy atom. The van der Waals surface area contributed by atoms with Gasteiger partial charge in [-0.25, -0.2) is 0 Å². The molecule has 0 unspecified atom stereocenters. The molecule has 23 heavy (non-hydrogen) atoms. The van der Waals surface area contributed by atoms with Gasteiger partial charge in [0.25, 0.3) is 0 Å². The van der Waals surface area contributed by atoms with E-state index < -0.39 is 11.7 Å². The number of rotatable bonds is 0. The van der Waals surface area contributed by atoms with Crippen LogP contribution in [0.4, 0.5) is 13.2 Å². The van der Waals surface area contributed by atoms with Crippen molar-refractivity contribution in [2.45, 2.75) is 13.1 Å². The third kappa shape index (κ3) is 2.07. The van der Waals surface area contributed by atoms with Crippen LogP contribution in [0.2, 0.25) is 0 Å². The Hall–Kier alpha value is -2.55. The summed E-state index contributed by atoms with van der Waals surface area (Å²) < 4.78 is 39.7. The van der Waals surface area contributed by atoms with Gasteiger partial charge in [-0.15, -0.1) is 0 Å². The third-order valence-electron chi connectivity index (χ3n) is 4.44. The van der Waals surface area contributed by atoms with Crippen molar-refractivity contribution in [3.05, 3.63) is 71.8 Å². The van der Waals surface area contributed by atoms with E-state index in [-0.39, 0.29) is 5.39 Å². The molecule has 0 aromatic heterocycles. The molecule has 0 bridgehead atoms. The van der Waals surface area contributed by atoms with Crippen LogP contribution in [0.15, 0.2) is 60.7 Å². The van der Waals surface area contributed by atoms with Gasteiger partial charge in [0.05, 0.1) is 5.56 Å². The lowest BCUT2D eigenvalue weighted by molar-refractivity contribution is -0.136. The maximum absolute atomic E-state index is 13.2. The summed E-state index contributed by atoms with van der Waals surface area (Å²) >= 11 is 0. The van der Waals surface area contributed by atoms with Crippen LogP contribution in [0.1, 0.15) is 11.1 Å². The summed E-state index contributed by atoms with van der Waals surface area (Å²) in [6.07, 6.45) is -4.35. The van der Waals surface area contributed by atoms with Gasteiger partial charge in [0.15, 0.2) is 0 Å². The van der Waals surface area contributed by atoms with Gasteiger partial charge < -0.3 is 0 Å². The van der Waals surface area contributed by atoms with E-state index in [9.17, 15) is 13.2 Å². The molecule has 114 valence electrons. The monoisotopic (exact) mass is 310 g/mol. The Labute approximate surface area is 131 Å². The van der Waals surface area contributed by atoms with Crippen LogP contribution in [0.5, 0.6) is 0 Å². The van der Waals surface area contributed by atoms with Crippen LogP contribution >= 0.6 is 0 Å². The average Bonchev–Trinajstić information content (AvgIpc) is 2.53. The Balaban J connectivity index is 2.19. The number of hydrogen-bond donors (Lipinski definition) is 0. The smallest absolute Gasteiger partial charge is 0.166 e. The van der Waals surface area contributed by atoms with Gasteiger partial charge in [0.1, 0.15) is 0 Å². The van der Waals surface area contributed by atoms with Crippen molar-refractivity contribution < 1.29 is 13.2 Å². The first kappa shape index (κ1) is 14.1. The summed E-state index contributed by atoms with van der Waals surface area (Å²) in [6.45, 7) is 2.04. The van der Waals surface area contributed by atoms with Gasteiger partial charge in [-0.2, -0.15) is 13.2 Å². The summed E-state index contributed by atoms with van der Waals surface area (Å²) in [7, 11) is 0. The molecule has 0 nitrogen and oxygen atoms in total. The van der Waals surface area contributed by atoms with E-state index in [1.54, 1.807) is 18.2 Å². The molecule has 0 radical (unpaired) electrons. The Kier molecular flexibility index (Phi) is 2.89. The highest BCUT2D eigenvalue weighted by atomic mass is 19.4. The topological polar surface area (TPSA) is 0 Å². The average molecular weight is 310 g/mol. The van der Waals surface area contributed by atoms with Crippen LogP contribution in [-0.2, 0) is 6.18 Å². The fourth-order valence-corrected chi connectivity index (χ4v) is 3.35. The minimum Gasteiger partial charge on any atom is -0.166 e. The van der Waals surface area contributed by atoms with Gasteiger partial charge in [-0.1, -0.05) is 54.6 Å². The van der Waals surface area contributed by atoms with Gasteiger partial charge in [-0.05, 0) is 50.9 Å². The molecule has 3 heteroatoms. The lowest BCUT2D eigenvalue weighted by Crippen LogP contribution is -2.05. The van der Waals surface area contributed by atoms with Crippen LogP contribution in [-0.4, -0.2) is 0 Å². The van der Waals surface area contributed by atoms with E-state index in [1.807, 2.05) is 37.3 Å². The molecule has 0 aliphatic rings. The zero-order chi connectivity index (χ0) is 16.2. The molecule has 0 amide bonds. The van der Waals surface area contributed by atoms with E-state index in [0.29, 0.717) is 5.39 Å². The van der Waals surface area contributed by atoms with Crippen LogP contribution in [0, 0.1) is 6.92 Å². The maximum atomic E-state index is 13.2. The normalized spacial score (nSPS) is 12.3. The number of fused-ring (bicyclic) bond motifs is 5. The summed E-state index contributed by atoms with van der Waals surface area (Å²) in [4.78, 5) is 0. The fourth-order valence-electron chi connectivity index (χ4n) is 3.35. The first-order valence-corrected chi connectivity index (χ1v) is 7.38. The zero-order valence-electron chi connectivity index (χ0n) is 12.4. The van der Waals surface area contributed by atoms with E-state index in [2.05, 4.69) is 0 Å². The van der Waals surface area contributed by atoms with E-state index in [4.69, 9.17) is 0 Å². The number of alkyl halides is 3. The van der Waals surface area contributed by atoms with E-state index in [1.165, 1.54) is 6.07 Å². The SMILES string of the molecule is Cc1cccc2c1ccc1c3cccc(C(F)(F)F)c3ccc21. The standard InChI is InChI=1S/C20H13F3/c1-12-4-2-5-14-13(12)8-9-17-15-6-3-7-19(20(21,22)23)18(15)11-10-16(14)17/h2-11H,1H3. The van der Waals surface area contributed by atoms with E-state index >= 15 is 0 Å². The van der Waals surface area contributed by atoms with Crippen molar-refractivity contribution in [1.82, 2.24) is 0 Å². The van der Waals surface area contributed by atoms with Crippen molar-refractivity contribution >= 4 is 32.3 Å². The lowest BCUT2D eigenvalue weighted by Gasteiger charge is -2.13. The highest BCUT2D eigenvalue weighted by molar-refractivity contribution is 6.18. The molecule has 4 aromatic carbocycles. The molecule has 0 atom stereocenters. The molecule has 0 fully saturated rings. The molecular formula is C20H13F3. The largest absolute Gasteiger partial charge is 0.417 e. The molecule has 0 heterocycles. The molecule has 0 spiro atoms. The molecular weight excluding hydrogens is 297 g/mol. The predicted molar refractivity (Wildman–Crippen MR) is 88.7 cm³/mol. The van der Waals surface area contributed by atoms with Crippen molar-refractivity contribution in [2.24, 2.45) is 0 Å². The first-order chi connectivity index (χ1) is 11.0. The van der Waals surface area contributed by atoms with Gasteiger partial charge in [0, 0.05) is 0 Å². The maximum Gasteiger partial charge on any atom is 0.417 e. The lowest BCUT2D eigenvalue weighted by atomic mass is 9.94. The summed E-state index contributed by atoms with van der Waals surface area (Å²) in [6, 6.07) is 17.7. The Morgan fingerprint density at radius 3 is 1.70 bits per heavy atom. The molecule has 0 saturated heterocycles. The summed E-state index contributed by atoms with van der Waals surface area (Å²) in [5.41, 5.74) is 0.578. The third-order valence-corrected chi connectivity index (χ3v) is 4.44. The van der Waals surface area contributed by atoms with Crippen molar-refractivity contribution in [1.29, 1.82) is 0 Å². The van der Waals surface area contributed by atoms with Crippen LogP contribution in [0.3, 0.4) is 0 Å². The van der Waals surface area contributed by atoms with Crippen molar-refractivity contribution in [3.8, 4) is 0 Å². The fraction of sp³-hybridized carbons (Fsp3) is 0.100. The minimum absolute atomic E-state index is 0.250. The summed E-state index contributed by atoms with van der Waals surface area (Å²) in [5.74, 6) is 0. The second-order valence-electron chi connectivity index (χ2n) is 5.79. The van der Waals surface area contributed by atoms with Crippen molar-refractivity contribution in [2.75, 3.05) is 0 Å². The Morgan fingerprint density at radius 1 is 0.565 bits per heavy atom. The number of aryl methyl sites for hydroxylation is 1. The molecule has 0 saturated carbocycles. The second kappa shape index (κ2) is 4.72. The minimum atomic E-state index is -4.35. The zero-order valence-corrected chi connectivity index (χ0v) is 12.4. The number of halogens is 3. The molecule has 0 aliphatic heterocycles. The van der Waals surface area contributed by atoms with Gasteiger partial charge >= 0.3 is 6.18 Å². The highest BCUT2D eigenvalue weighted by Crippen LogP contribution is 2.38. The van der Waals surface area contributed by atoms with Gasteiger partial charge in [-0.3, -0.25) is 0 Å². The quantitative estimate of drug-likeness (QED) is 0.326. The highest BCUT2D eigenvalue weighted by Gasteiger charge is 2.32. The number of hydrogen-bond acceptors (Lipinski definition) is 0. The first-order valence-electron chi connectivity index (χ1n) is 7.38. The Bertz CT molecular complexity index is 1060. The molecule has 4 rings (SSSR count). The number of benzene rings is 4. The molecule has 0 N–H and O–H groups in total. The molecule has 0 aliphatic carbocycles.